The molecule has 2 aliphatic heterocycles. The van der Waals surface area contributed by atoms with Crippen LogP contribution in [-0.2, 0) is 19.6 Å². The van der Waals surface area contributed by atoms with Gasteiger partial charge in [0, 0.05) is 24.7 Å². The zero-order valence-electron chi connectivity index (χ0n) is 16.2. The highest BCUT2D eigenvalue weighted by Gasteiger charge is 2.33. The third kappa shape index (κ3) is 4.51. The van der Waals surface area contributed by atoms with E-state index in [1.165, 1.54) is 40.7 Å². The fourth-order valence-electron chi connectivity index (χ4n) is 3.55. The molecule has 2 aliphatic rings. The topological polar surface area (TPSA) is 105 Å². The number of nitrogens with zero attached hydrogens (tertiary/aromatic N) is 1. The molecule has 0 aromatic heterocycles. The molecular weight excluding hydrogens is 449 g/mol. The van der Waals surface area contributed by atoms with Crippen LogP contribution in [0.1, 0.15) is 12.8 Å². The quantitative estimate of drug-likeness (QED) is 0.719. The number of nitrogens with one attached hydrogen (secondary N) is 2. The molecule has 31 heavy (non-hydrogen) atoms. The van der Waals surface area contributed by atoms with Gasteiger partial charge in [0.2, 0.25) is 15.9 Å². The van der Waals surface area contributed by atoms with Crippen molar-refractivity contribution >= 4 is 44.8 Å². The Morgan fingerprint density at radius 2 is 1.94 bits per heavy atom. The molecule has 164 valence electrons. The highest BCUT2D eigenvalue weighted by Crippen LogP contribution is 2.32. The molecule has 2 heterocycles. The van der Waals surface area contributed by atoms with Crippen molar-refractivity contribution in [1.29, 1.82) is 0 Å². The van der Waals surface area contributed by atoms with Crippen LogP contribution in [0.2, 0.25) is 5.02 Å². The zero-order chi connectivity index (χ0) is 22.2. The summed E-state index contributed by atoms with van der Waals surface area (Å²) in [5.41, 5.74) is 0.689. The number of carbonyl (C=O) groups excluding carboxylic acids is 2. The van der Waals surface area contributed by atoms with Gasteiger partial charge < -0.3 is 15.4 Å². The fraction of sp³-hybridized carbons (Fsp3) is 0.300. The molecule has 11 heteroatoms. The molecule has 2 aromatic carbocycles. The van der Waals surface area contributed by atoms with Crippen LogP contribution in [0.5, 0.6) is 5.75 Å². The van der Waals surface area contributed by atoms with Crippen LogP contribution in [0.3, 0.4) is 0 Å². The minimum absolute atomic E-state index is 0.0425. The third-order valence-corrected chi connectivity index (χ3v) is 7.42. The number of hydrogen-bond acceptors (Lipinski definition) is 5. The Bertz CT molecular complexity index is 1150. The molecule has 2 N–H and O–H groups in total. The standard InChI is InChI=1S/C20H19ClFN3O5S/c21-15-9-13(1-3-16(15)22)23-20(27)12-5-7-25(8-6-12)31(28,29)14-2-4-18-17(10-14)24-19(26)11-30-18/h1-4,9-10,12H,5-8,11H2,(H,23,27)(H,24,26). The lowest BCUT2D eigenvalue weighted by Gasteiger charge is -2.31. The van der Waals surface area contributed by atoms with Gasteiger partial charge in [-0.05, 0) is 49.2 Å². The van der Waals surface area contributed by atoms with Gasteiger partial charge in [-0.1, -0.05) is 11.6 Å². The van der Waals surface area contributed by atoms with Crippen molar-refractivity contribution in [3.8, 4) is 5.75 Å². The average Bonchev–Trinajstić information content (AvgIpc) is 2.75. The second kappa shape index (κ2) is 8.45. The molecule has 1 fully saturated rings. The van der Waals surface area contributed by atoms with Crippen LogP contribution in [0.25, 0.3) is 0 Å². The predicted molar refractivity (Wildman–Crippen MR) is 112 cm³/mol. The van der Waals surface area contributed by atoms with Gasteiger partial charge in [-0.25, -0.2) is 12.8 Å². The van der Waals surface area contributed by atoms with Crippen LogP contribution in [0, 0.1) is 11.7 Å². The van der Waals surface area contributed by atoms with Crippen molar-refractivity contribution in [3.05, 3.63) is 47.2 Å². The summed E-state index contributed by atoms with van der Waals surface area (Å²) in [6.45, 7) is 0.230. The van der Waals surface area contributed by atoms with Gasteiger partial charge in [0.25, 0.3) is 5.91 Å². The second-order valence-electron chi connectivity index (χ2n) is 7.29. The van der Waals surface area contributed by atoms with E-state index in [9.17, 15) is 22.4 Å². The lowest BCUT2D eigenvalue weighted by atomic mass is 9.97. The van der Waals surface area contributed by atoms with Crippen LogP contribution >= 0.6 is 11.6 Å². The Morgan fingerprint density at radius 1 is 1.19 bits per heavy atom. The maximum absolute atomic E-state index is 13.3. The van der Waals surface area contributed by atoms with E-state index in [1.807, 2.05) is 0 Å². The second-order valence-corrected chi connectivity index (χ2v) is 9.64. The molecule has 4 rings (SSSR count). The summed E-state index contributed by atoms with van der Waals surface area (Å²) in [6.07, 6.45) is 0.676. The SMILES string of the molecule is O=C1COc2ccc(S(=O)(=O)N3CCC(C(=O)Nc4ccc(F)c(Cl)c4)CC3)cc2N1. The molecule has 0 atom stereocenters. The van der Waals surface area contributed by atoms with Crippen molar-refractivity contribution in [1.82, 2.24) is 4.31 Å². The maximum atomic E-state index is 13.3. The summed E-state index contributed by atoms with van der Waals surface area (Å²) in [4.78, 5) is 24.0. The first-order valence-electron chi connectivity index (χ1n) is 9.57. The number of fused-ring (bicyclic) bond motifs is 1. The molecule has 0 radical (unpaired) electrons. The monoisotopic (exact) mass is 467 g/mol. The van der Waals surface area contributed by atoms with E-state index in [0.29, 0.717) is 30.0 Å². The van der Waals surface area contributed by atoms with Crippen LogP contribution in [0.15, 0.2) is 41.3 Å². The maximum Gasteiger partial charge on any atom is 0.262 e. The van der Waals surface area contributed by atoms with Gasteiger partial charge in [-0.15, -0.1) is 0 Å². The lowest BCUT2D eigenvalue weighted by Crippen LogP contribution is -2.41. The summed E-state index contributed by atoms with van der Waals surface area (Å²) in [5.74, 6) is -1.17. The van der Waals surface area contributed by atoms with E-state index in [4.69, 9.17) is 16.3 Å². The molecule has 2 amide bonds. The van der Waals surface area contributed by atoms with E-state index < -0.39 is 15.8 Å². The first-order chi connectivity index (χ1) is 14.7. The van der Waals surface area contributed by atoms with Gasteiger partial charge in [0.15, 0.2) is 6.61 Å². The number of rotatable bonds is 4. The summed E-state index contributed by atoms with van der Waals surface area (Å²) < 4.78 is 45.9. The number of piperidine rings is 1. The third-order valence-electron chi connectivity index (χ3n) is 5.23. The molecule has 0 aliphatic carbocycles. The predicted octanol–water partition coefficient (Wildman–Crippen LogP) is 2.85. The molecule has 0 unspecified atom stereocenters. The Kier molecular flexibility index (Phi) is 5.87. The average molecular weight is 468 g/mol. The first-order valence-corrected chi connectivity index (χ1v) is 11.4. The summed E-state index contributed by atoms with van der Waals surface area (Å²) >= 11 is 5.73. The van der Waals surface area contributed by atoms with Crippen molar-refractivity contribution in [2.75, 3.05) is 30.3 Å². The largest absolute Gasteiger partial charge is 0.482 e. The smallest absolute Gasteiger partial charge is 0.262 e. The molecular formula is C20H19ClFN3O5S. The number of carbonyl (C=O) groups is 2. The van der Waals surface area contributed by atoms with Gasteiger partial charge >= 0.3 is 0 Å². The van der Waals surface area contributed by atoms with Gasteiger partial charge in [-0.3, -0.25) is 9.59 Å². The molecule has 2 aromatic rings. The van der Waals surface area contributed by atoms with Crippen molar-refractivity contribution in [2.45, 2.75) is 17.7 Å². The van der Waals surface area contributed by atoms with Crippen LogP contribution in [0.4, 0.5) is 15.8 Å². The summed E-state index contributed by atoms with van der Waals surface area (Å²) in [6, 6.07) is 8.22. The van der Waals surface area contributed by atoms with Gasteiger partial charge in [-0.2, -0.15) is 4.31 Å². The summed E-state index contributed by atoms with van der Waals surface area (Å²) in [5, 5.41) is 5.19. The Labute approximate surface area is 183 Å². The molecule has 8 nitrogen and oxygen atoms in total. The summed E-state index contributed by atoms with van der Waals surface area (Å²) in [7, 11) is -3.80. The molecule has 0 bridgehead atoms. The van der Waals surface area contributed by atoms with Crippen molar-refractivity contribution in [2.24, 2.45) is 5.92 Å². The number of anilines is 2. The van der Waals surface area contributed by atoms with Crippen LogP contribution in [-0.4, -0.2) is 44.2 Å². The van der Waals surface area contributed by atoms with Gasteiger partial charge in [0.05, 0.1) is 15.6 Å². The van der Waals surface area contributed by atoms with Crippen molar-refractivity contribution < 1.29 is 27.1 Å². The first kappa shape index (κ1) is 21.5. The highest BCUT2D eigenvalue weighted by molar-refractivity contribution is 7.89. The lowest BCUT2D eigenvalue weighted by molar-refractivity contribution is -0.121. The van der Waals surface area contributed by atoms with E-state index in [2.05, 4.69) is 10.6 Å². The Hall–Kier alpha value is -2.69. The van der Waals surface area contributed by atoms with E-state index in [0.717, 1.165) is 0 Å². The molecule has 1 saturated heterocycles. The van der Waals surface area contributed by atoms with E-state index in [1.54, 1.807) is 0 Å². The fourth-order valence-corrected chi connectivity index (χ4v) is 5.23. The number of halogens is 2. The number of benzene rings is 2. The number of ether oxygens (including phenoxy) is 1. The minimum atomic E-state index is -3.80. The van der Waals surface area contributed by atoms with E-state index in [-0.39, 0.29) is 47.3 Å². The van der Waals surface area contributed by atoms with Crippen molar-refractivity contribution in [3.63, 3.8) is 0 Å². The zero-order valence-corrected chi connectivity index (χ0v) is 17.8. The number of amides is 2. The normalized spacial score (nSPS) is 17.4. The highest BCUT2D eigenvalue weighted by atomic mass is 35.5. The number of sulfonamides is 1. The Morgan fingerprint density at radius 3 is 2.65 bits per heavy atom. The number of hydrogen-bond donors (Lipinski definition) is 2. The van der Waals surface area contributed by atoms with Crippen LogP contribution < -0.4 is 15.4 Å². The Balaban J connectivity index is 1.41. The molecule has 0 saturated carbocycles. The minimum Gasteiger partial charge on any atom is -0.482 e. The molecule has 0 spiro atoms. The van der Waals surface area contributed by atoms with Gasteiger partial charge in [0.1, 0.15) is 11.6 Å². The van der Waals surface area contributed by atoms with E-state index >= 15 is 0 Å².